The van der Waals surface area contributed by atoms with Crippen LogP contribution in [0.25, 0.3) is 0 Å². The van der Waals surface area contributed by atoms with Crippen LogP contribution >= 0.6 is 0 Å². The summed E-state index contributed by atoms with van der Waals surface area (Å²) in [5, 5.41) is 7.31. The number of nitrogens with one attached hydrogen (secondary N) is 1. The second-order valence-corrected chi connectivity index (χ2v) is 5.01. The number of hydrogen-bond donors (Lipinski definition) is 1. The van der Waals surface area contributed by atoms with E-state index in [2.05, 4.69) is 6.92 Å². The summed E-state index contributed by atoms with van der Waals surface area (Å²) < 4.78 is 5.72. The first-order valence-electron chi connectivity index (χ1n) is 7.60. The van der Waals surface area contributed by atoms with Gasteiger partial charge in [0, 0.05) is 11.8 Å². The summed E-state index contributed by atoms with van der Waals surface area (Å²) in [6.45, 7) is 3.02. The van der Waals surface area contributed by atoms with E-state index in [4.69, 9.17) is 10.1 Å². The molecule has 1 N–H and O–H groups in total. The predicted molar refractivity (Wildman–Crippen MR) is 82.4 cm³/mol. The summed E-state index contributed by atoms with van der Waals surface area (Å²) >= 11 is 0. The van der Waals surface area contributed by atoms with Crippen LogP contribution in [0.3, 0.4) is 0 Å². The van der Waals surface area contributed by atoms with Crippen LogP contribution in [0.15, 0.2) is 24.3 Å². The summed E-state index contributed by atoms with van der Waals surface area (Å²) in [5.41, 5.74) is 0.863. The lowest BCUT2D eigenvalue weighted by molar-refractivity contribution is 0.304. The number of para-hydroxylation sites is 1. The third kappa shape index (κ3) is 7.00. The van der Waals surface area contributed by atoms with E-state index < -0.39 is 0 Å². The Morgan fingerprint density at radius 3 is 2.26 bits per heavy atom. The molecule has 0 spiro atoms. The van der Waals surface area contributed by atoms with Gasteiger partial charge in [-0.05, 0) is 18.6 Å². The summed E-state index contributed by atoms with van der Waals surface area (Å²) in [6, 6.07) is 7.74. The predicted octanol–water partition coefficient (Wildman–Crippen LogP) is 5.20. The van der Waals surface area contributed by atoms with E-state index in [-0.39, 0.29) is 0 Å². The monoisotopic (exact) mass is 261 g/mol. The van der Waals surface area contributed by atoms with E-state index in [1.54, 1.807) is 0 Å². The van der Waals surface area contributed by atoms with Crippen molar-refractivity contribution in [1.82, 2.24) is 0 Å². The molecule has 0 aromatic heterocycles. The highest BCUT2D eigenvalue weighted by Gasteiger charge is 1.99. The van der Waals surface area contributed by atoms with Crippen molar-refractivity contribution >= 4 is 6.21 Å². The molecule has 0 aliphatic heterocycles. The average molecular weight is 261 g/mol. The van der Waals surface area contributed by atoms with Gasteiger partial charge in [0.05, 0.1) is 6.61 Å². The molecular formula is C17H27NO. The number of hydrogen-bond acceptors (Lipinski definition) is 2. The lowest BCUT2D eigenvalue weighted by atomic mass is 10.1. The Balaban J connectivity index is 2.03. The van der Waals surface area contributed by atoms with Crippen LogP contribution in [-0.4, -0.2) is 12.8 Å². The van der Waals surface area contributed by atoms with Gasteiger partial charge in [-0.25, -0.2) is 0 Å². The molecule has 1 aromatic carbocycles. The maximum absolute atomic E-state index is 7.31. The average Bonchev–Trinajstić information content (AvgIpc) is 2.46. The van der Waals surface area contributed by atoms with Crippen molar-refractivity contribution in [1.29, 1.82) is 5.41 Å². The Kier molecular flexibility index (Phi) is 8.78. The second kappa shape index (κ2) is 10.6. The normalized spacial score (nSPS) is 10.4. The highest BCUT2D eigenvalue weighted by Crippen LogP contribution is 2.16. The minimum absolute atomic E-state index is 0.764. The summed E-state index contributed by atoms with van der Waals surface area (Å²) in [5.74, 6) is 0.834. The quantitative estimate of drug-likeness (QED) is 0.431. The second-order valence-electron chi connectivity index (χ2n) is 5.01. The topological polar surface area (TPSA) is 33.1 Å². The van der Waals surface area contributed by atoms with Crippen LogP contribution in [0.1, 0.15) is 63.9 Å². The number of rotatable bonds is 11. The van der Waals surface area contributed by atoms with Crippen LogP contribution in [0, 0.1) is 5.41 Å². The summed E-state index contributed by atoms with van der Waals surface area (Å²) in [4.78, 5) is 0. The molecule has 0 saturated carbocycles. The number of ether oxygens (including phenoxy) is 1. The molecule has 2 nitrogen and oxygen atoms in total. The van der Waals surface area contributed by atoms with E-state index in [1.807, 2.05) is 24.3 Å². The van der Waals surface area contributed by atoms with E-state index in [0.29, 0.717) is 0 Å². The molecule has 1 aromatic rings. The Morgan fingerprint density at radius 1 is 0.947 bits per heavy atom. The van der Waals surface area contributed by atoms with E-state index in [1.165, 1.54) is 51.2 Å². The van der Waals surface area contributed by atoms with Crippen LogP contribution < -0.4 is 4.74 Å². The van der Waals surface area contributed by atoms with Crippen LogP contribution in [0.5, 0.6) is 5.75 Å². The van der Waals surface area contributed by atoms with Gasteiger partial charge in [0.15, 0.2) is 0 Å². The molecule has 1 rings (SSSR count). The van der Waals surface area contributed by atoms with Gasteiger partial charge in [0.25, 0.3) is 0 Å². The van der Waals surface area contributed by atoms with E-state index in [0.717, 1.165) is 24.3 Å². The SMILES string of the molecule is CCCCCCCCCCOc1ccccc1C=N. The fourth-order valence-corrected chi connectivity index (χ4v) is 2.15. The molecule has 0 bridgehead atoms. The van der Waals surface area contributed by atoms with Crippen molar-refractivity contribution in [3.05, 3.63) is 29.8 Å². The minimum Gasteiger partial charge on any atom is -0.493 e. The van der Waals surface area contributed by atoms with Crippen molar-refractivity contribution in [3.8, 4) is 5.75 Å². The zero-order chi connectivity index (χ0) is 13.8. The van der Waals surface area contributed by atoms with Crippen molar-refractivity contribution in [2.45, 2.75) is 58.3 Å². The molecule has 0 atom stereocenters. The molecule has 0 radical (unpaired) electrons. The van der Waals surface area contributed by atoms with Gasteiger partial charge in [0.1, 0.15) is 5.75 Å². The smallest absolute Gasteiger partial charge is 0.128 e. The molecule has 0 saturated heterocycles. The Labute approximate surface area is 117 Å². The molecular weight excluding hydrogens is 234 g/mol. The Hall–Kier alpha value is -1.31. The molecule has 19 heavy (non-hydrogen) atoms. The molecule has 0 aliphatic rings. The van der Waals surface area contributed by atoms with Gasteiger partial charge >= 0.3 is 0 Å². The zero-order valence-corrected chi connectivity index (χ0v) is 12.2. The first-order valence-corrected chi connectivity index (χ1v) is 7.60. The van der Waals surface area contributed by atoms with E-state index >= 15 is 0 Å². The van der Waals surface area contributed by atoms with Crippen molar-refractivity contribution in [2.75, 3.05) is 6.61 Å². The summed E-state index contributed by atoms with van der Waals surface area (Å²) in [7, 11) is 0. The molecule has 106 valence electrons. The number of benzene rings is 1. The van der Waals surface area contributed by atoms with Gasteiger partial charge in [0.2, 0.25) is 0 Å². The fourth-order valence-electron chi connectivity index (χ4n) is 2.15. The molecule has 0 heterocycles. The zero-order valence-electron chi connectivity index (χ0n) is 12.2. The van der Waals surface area contributed by atoms with Crippen LogP contribution in [0.2, 0.25) is 0 Å². The van der Waals surface area contributed by atoms with Gasteiger partial charge in [-0.1, -0.05) is 64.0 Å². The first kappa shape index (κ1) is 15.7. The fraction of sp³-hybridized carbons (Fsp3) is 0.588. The van der Waals surface area contributed by atoms with Crippen LogP contribution in [-0.2, 0) is 0 Å². The third-order valence-corrected chi connectivity index (χ3v) is 3.33. The highest BCUT2D eigenvalue weighted by atomic mass is 16.5. The van der Waals surface area contributed by atoms with Gasteiger partial charge in [-0.15, -0.1) is 0 Å². The maximum atomic E-state index is 7.31. The molecule has 0 aliphatic carbocycles. The van der Waals surface area contributed by atoms with Crippen molar-refractivity contribution in [2.24, 2.45) is 0 Å². The van der Waals surface area contributed by atoms with Gasteiger partial charge < -0.3 is 10.1 Å². The third-order valence-electron chi connectivity index (χ3n) is 3.33. The largest absolute Gasteiger partial charge is 0.493 e. The molecule has 0 amide bonds. The molecule has 0 fully saturated rings. The molecule has 0 unspecified atom stereocenters. The standard InChI is InChI=1S/C17H27NO/c1-2-3-4-5-6-7-8-11-14-19-17-13-10-9-12-16(17)15-18/h9-10,12-13,15,18H,2-8,11,14H2,1H3. The Morgan fingerprint density at radius 2 is 1.58 bits per heavy atom. The lowest BCUT2D eigenvalue weighted by Crippen LogP contribution is -1.99. The highest BCUT2D eigenvalue weighted by molar-refractivity contribution is 5.80. The summed E-state index contributed by atoms with van der Waals surface area (Å²) in [6.07, 6.45) is 11.9. The minimum atomic E-state index is 0.764. The van der Waals surface area contributed by atoms with Crippen molar-refractivity contribution in [3.63, 3.8) is 0 Å². The first-order chi connectivity index (χ1) is 9.38. The maximum Gasteiger partial charge on any atom is 0.128 e. The lowest BCUT2D eigenvalue weighted by Gasteiger charge is -2.08. The Bertz CT molecular complexity index is 349. The van der Waals surface area contributed by atoms with Gasteiger partial charge in [-0.2, -0.15) is 0 Å². The van der Waals surface area contributed by atoms with Crippen LogP contribution in [0.4, 0.5) is 0 Å². The van der Waals surface area contributed by atoms with Crippen molar-refractivity contribution < 1.29 is 4.74 Å². The van der Waals surface area contributed by atoms with E-state index in [9.17, 15) is 0 Å². The molecule has 2 heteroatoms. The van der Waals surface area contributed by atoms with Gasteiger partial charge in [-0.3, -0.25) is 0 Å². The number of unbranched alkanes of at least 4 members (excludes halogenated alkanes) is 7.